The molecule has 0 saturated carbocycles. The molecule has 0 unspecified atom stereocenters. The Labute approximate surface area is 163 Å². The standard InChI is InChI=1S/C20H22ClN3O3/c1-12-22-11-17(24(12)2)13-4-5-16-15(10-13)18(21)19(20(23-16)25-3)27-14-6-8-26-9-7-14/h4-5,10-11,14H,6-9H2,1-3H3. The average molecular weight is 388 g/mol. The summed E-state index contributed by atoms with van der Waals surface area (Å²) in [4.78, 5) is 8.97. The summed E-state index contributed by atoms with van der Waals surface area (Å²) in [6.45, 7) is 3.36. The Bertz CT molecular complexity index is 980. The number of rotatable bonds is 4. The van der Waals surface area contributed by atoms with Crippen LogP contribution in [0.15, 0.2) is 24.4 Å². The molecule has 1 saturated heterocycles. The molecule has 2 aromatic heterocycles. The zero-order valence-electron chi connectivity index (χ0n) is 15.7. The van der Waals surface area contributed by atoms with Crippen LogP contribution in [0, 0.1) is 6.92 Å². The fourth-order valence-corrected chi connectivity index (χ4v) is 3.59. The average Bonchev–Trinajstić information content (AvgIpc) is 3.03. The van der Waals surface area contributed by atoms with Crippen LogP contribution in [0.25, 0.3) is 22.2 Å². The fraction of sp³-hybridized carbons (Fsp3) is 0.400. The number of nitrogens with zero attached hydrogens (tertiary/aromatic N) is 3. The first kappa shape index (κ1) is 18.1. The van der Waals surface area contributed by atoms with Gasteiger partial charge in [0.05, 0.1) is 42.8 Å². The quantitative estimate of drug-likeness (QED) is 0.672. The topological polar surface area (TPSA) is 58.4 Å². The zero-order valence-corrected chi connectivity index (χ0v) is 16.4. The van der Waals surface area contributed by atoms with Gasteiger partial charge in [-0.3, -0.25) is 0 Å². The van der Waals surface area contributed by atoms with Gasteiger partial charge in [-0.1, -0.05) is 17.7 Å². The van der Waals surface area contributed by atoms with Crippen molar-refractivity contribution in [2.75, 3.05) is 20.3 Å². The third kappa shape index (κ3) is 3.35. The van der Waals surface area contributed by atoms with E-state index in [-0.39, 0.29) is 6.10 Å². The van der Waals surface area contributed by atoms with E-state index in [1.54, 1.807) is 7.11 Å². The van der Waals surface area contributed by atoms with Crippen molar-refractivity contribution in [1.82, 2.24) is 14.5 Å². The second-order valence-corrected chi connectivity index (χ2v) is 7.05. The predicted octanol–water partition coefficient (Wildman–Crippen LogP) is 4.16. The second-order valence-electron chi connectivity index (χ2n) is 6.68. The van der Waals surface area contributed by atoms with Gasteiger partial charge in [-0.25, -0.2) is 9.97 Å². The van der Waals surface area contributed by atoms with E-state index in [4.69, 9.17) is 25.8 Å². The molecule has 4 rings (SSSR count). The Hall–Kier alpha value is -2.31. The Morgan fingerprint density at radius 1 is 1.26 bits per heavy atom. The van der Waals surface area contributed by atoms with Crippen molar-refractivity contribution in [3.8, 4) is 22.9 Å². The number of fused-ring (bicyclic) bond motifs is 1. The number of ether oxygens (including phenoxy) is 3. The van der Waals surface area contributed by atoms with Crippen molar-refractivity contribution in [2.24, 2.45) is 7.05 Å². The maximum absolute atomic E-state index is 6.75. The van der Waals surface area contributed by atoms with E-state index in [9.17, 15) is 0 Å². The number of imidazole rings is 1. The van der Waals surface area contributed by atoms with Crippen molar-refractivity contribution in [3.63, 3.8) is 0 Å². The molecule has 0 N–H and O–H groups in total. The van der Waals surface area contributed by atoms with Crippen LogP contribution in [0.4, 0.5) is 0 Å². The summed E-state index contributed by atoms with van der Waals surface area (Å²) in [5.41, 5.74) is 2.81. The Morgan fingerprint density at radius 3 is 2.70 bits per heavy atom. The van der Waals surface area contributed by atoms with Crippen molar-refractivity contribution >= 4 is 22.5 Å². The molecule has 0 bridgehead atoms. The van der Waals surface area contributed by atoms with Gasteiger partial charge in [-0.2, -0.15) is 0 Å². The lowest BCUT2D eigenvalue weighted by atomic mass is 10.1. The lowest BCUT2D eigenvalue weighted by Crippen LogP contribution is -2.26. The number of hydrogen-bond donors (Lipinski definition) is 0. The third-order valence-electron chi connectivity index (χ3n) is 5.01. The lowest BCUT2D eigenvalue weighted by Gasteiger charge is -2.24. The monoisotopic (exact) mass is 387 g/mol. The fourth-order valence-electron chi connectivity index (χ4n) is 3.32. The molecule has 27 heavy (non-hydrogen) atoms. The highest BCUT2D eigenvalue weighted by Crippen LogP contribution is 2.41. The summed E-state index contributed by atoms with van der Waals surface area (Å²) in [6, 6.07) is 5.98. The Morgan fingerprint density at radius 2 is 2.04 bits per heavy atom. The van der Waals surface area contributed by atoms with Gasteiger partial charge in [0.2, 0.25) is 5.75 Å². The van der Waals surface area contributed by atoms with E-state index in [1.165, 1.54) is 0 Å². The number of aromatic nitrogens is 3. The number of benzene rings is 1. The van der Waals surface area contributed by atoms with Crippen LogP contribution < -0.4 is 9.47 Å². The highest BCUT2D eigenvalue weighted by Gasteiger charge is 2.22. The maximum atomic E-state index is 6.75. The summed E-state index contributed by atoms with van der Waals surface area (Å²) in [5, 5.41) is 1.35. The summed E-state index contributed by atoms with van der Waals surface area (Å²) in [5.74, 6) is 1.85. The molecule has 0 spiro atoms. The molecule has 1 aliphatic rings. The first-order valence-electron chi connectivity index (χ1n) is 8.99. The smallest absolute Gasteiger partial charge is 0.258 e. The Balaban J connectivity index is 1.80. The molecule has 1 aromatic carbocycles. The van der Waals surface area contributed by atoms with Gasteiger partial charge < -0.3 is 18.8 Å². The van der Waals surface area contributed by atoms with Gasteiger partial charge in [0, 0.05) is 30.8 Å². The summed E-state index contributed by atoms with van der Waals surface area (Å²) < 4.78 is 19.1. The van der Waals surface area contributed by atoms with E-state index >= 15 is 0 Å². The molecular formula is C20H22ClN3O3. The minimum Gasteiger partial charge on any atom is -0.483 e. The van der Waals surface area contributed by atoms with Crippen LogP contribution >= 0.6 is 11.6 Å². The molecular weight excluding hydrogens is 366 g/mol. The van der Waals surface area contributed by atoms with Crippen LogP contribution in [0.1, 0.15) is 18.7 Å². The number of methoxy groups -OCH3 is 1. The highest BCUT2D eigenvalue weighted by atomic mass is 35.5. The molecule has 1 fully saturated rings. The normalized spacial score (nSPS) is 15.3. The third-order valence-corrected chi connectivity index (χ3v) is 5.39. The summed E-state index contributed by atoms with van der Waals surface area (Å²) in [7, 11) is 3.57. The van der Waals surface area contributed by atoms with E-state index in [0.717, 1.165) is 40.8 Å². The van der Waals surface area contributed by atoms with Crippen LogP contribution in [-0.2, 0) is 11.8 Å². The highest BCUT2D eigenvalue weighted by molar-refractivity contribution is 6.37. The molecule has 3 aromatic rings. The molecule has 0 atom stereocenters. The molecule has 0 aliphatic carbocycles. The van der Waals surface area contributed by atoms with Crippen LogP contribution in [-0.4, -0.2) is 41.0 Å². The SMILES string of the molecule is COc1nc2ccc(-c3cnc(C)n3C)cc2c(Cl)c1OC1CCOCC1. The predicted molar refractivity (Wildman–Crippen MR) is 105 cm³/mol. The molecule has 3 heterocycles. The zero-order chi connectivity index (χ0) is 19.0. The van der Waals surface area contributed by atoms with E-state index in [0.29, 0.717) is 29.9 Å². The number of aryl methyl sites for hydroxylation is 1. The largest absolute Gasteiger partial charge is 0.483 e. The van der Waals surface area contributed by atoms with E-state index in [2.05, 4.69) is 9.97 Å². The summed E-state index contributed by atoms with van der Waals surface area (Å²) in [6.07, 6.45) is 3.56. The molecule has 0 amide bonds. The minimum atomic E-state index is 0.0484. The van der Waals surface area contributed by atoms with Crippen LogP contribution in [0.2, 0.25) is 5.02 Å². The number of hydrogen-bond acceptors (Lipinski definition) is 5. The second kappa shape index (κ2) is 7.37. The molecule has 1 aliphatic heterocycles. The van der Waals surface area contributed by atoms with Gasteiger partial charge in [-0.15, -0.1) is 0 Å². The maximum Gasteiger partial charge on any atom is 0.258 e. The van der Waals surface area contributed by atoms with Crippen LogP contribution in [0.3, 0.4) is 0 Å². The minimum absolute atomic E-state index is 0.0484. The number of halogens is 1. The van der Waals surface area contributed by atoms with E-state index in [1.807, 2.05) is 42.9 Å². The lowest BCUT2D eigenvalue weighted by molar-refractivity contribution is 0.0244. The van der Waals surface area contributed by atoms with Crippen molar-refractivity contribution < 1.29 is 14.2 Å². The van der Waals surface area contributed by atoms with Gasteiger partial charge in [0.25, 0.3) is 5.88 Å². The molecule has 142 valence electrons. The van der Waals surface area contributed by atoms with Gasteiger partial charge in [0.1, 0.15) is 11.9 Å². The van der Waals surface area contributed by atoms with Crippen molar-refractivity contribution in [2.45, 2.75) is 25.9 Å². The summed E-state index contributed by atoms with van der Waals surface area (Å²) >= 11 is 6.75. The first-order valence-corrected chi connectivity index (χ1v) is 9.36. The van der Waals surface area contributed by atoms with Gasteiger partial charge >= 0.3 is 0 Å². The molecule has 7 heteroatoms. The first-order chi connectivity index (χ1) is 13.1. The van der Waals surface area contributed by atoms with Gasteiger partial charge in [0.15, 0.2) is 0 Å². The van der Waals surface area contributed by atoms with Crippen molar-refractivity contribution in [3.05, 3.63) is 35.2 Å². The molecule has 6 nitrogen and oxygen atoms in total. The molecule has 0 radical (unpaired) electrons. The number of pyridine rings is 1. The van der Waals surface area contributed by atoms with Crippen molar-refractivity contribution in [1.29, 1.82) is 0 Å². The van der Waals surface area contributed by atoms with E-state index < -0.39 is 0 Å². The Kier molecular flexibility index (Phi) is 4.93. The van der Waals surface area contributed by atoms with Gasteiger partial charge in [-0.05, 0) is 19.1 Å². The van der Waals surface area contributed by atoms with Crippen LogP contribution in [0.5, 0.6) is 11.6 Å².